The first-order valence-corrected chi connectivity index (χ1v) is 7.76. The van der Waals surface area contributed by atoms with Crippen LogP contribution in [0.25, 0.3) is 22.3 Å². The highest BCUT2D eigenvalue weighted by molar-refractivity contribution is 5.93. The van der Waals surface area contributed by atoms with Gasteiger partial charge in [0, 0.05) is 18.7 Å². The summed E-state index contributed by atoms with van der Waals surface area (Å²) >= 11 is 0. The van der Waals surface area contributed by atoms with Crippen molar-refractivity contribution in [3.8, 4) is 17.1 Å². The second-order valence-corrected chi connectivity index (χ2v) is 5.30. The lowest BCUT2D eigenvalue weighted by Gasteiger charge is -2.22. The van der Waals surface area contributed by atoms with Crippen molar-refractivity contribution >= 4 is 16.7 Å². The number of aromatic hydroxyl groups is 1. The number of rotatable bonds is 4. The fourth-order valence-corrected chi connectivity index (χ4v) is 2.83. The van der Waals surface area contributed by atoms with Gasteiger partial charge in [0.15, 0.2) is 5.76 Å². The summed E-state index contributed by atoms with van der Waals surface area (Å²) in [5.74, 6) is -0.136. The van der Waals surface area contributed by atoms with Crippen molar-refractivity contribution in [2.45, 2.75) is 13.8 Å². The molecule has 0 saturated heterocycles. The number of nitrogens with zero attached hydrogens (tertiary/aromatic N) is 1. The number of hydrogen-bond donors (Lipinski definition) is 1. The van der Waals surface area contributed by atoms with Gasteiger partial charge in [0.25, 0.3) is 0 Å². The normalized spacial score (nSPS) is 10.9. The molecule has 0 aliphatic carbocycles. The molecule has 4 heteroatoms. The summed E-state index contributed by atoms with van der Waals surface area (Å²) in [5.41, 5.74) is 1.55. The standard InChI is InChI=1S/C19H19NO3/c1-3-20(4-2)14-11-8-12-15-16(14)17(21)18(22)19(23-15)13-9-6-5-7-10-13/h5-12,22H,3-4H2,1-2H3. The highest BCUT2D eigenvalue weighted by Gasteiger charge is 2.19. The molecule has 1 heterocycles. The van der Waals surface area contributed by atoms with Crippen LogP contribution in [-0.2, 0) is 0 Å². The lowest BCUT2D eigenvalue weighted by Crippen LogP contribution is -2.23. The van der Waals surface area contributed by atoms with E-state index in [0.717, 1.165) is 18.8 Å². The lowest BCUT2D eigenvalue weighted by molar-refractivity contribution is 0.449. The Morgan fingerprint density at radius 3 is 2.35 bits per heavy atom. The van der Waals surface area contributed by atoms with Crippen LogP contribution in [0.3, 0.4) is 0 Å². The predicted molar refractivity (Wildman–Crippen MR) is 93.1 cm³/mol. The Balaban J connectivity index is 2.32. The first kappa shape index (κ1) is 15.2. The zero-order valence-corrected chi connectivity index (χ0v) is 13.2. The fourth-order valence-electron chi connectivity index (χ4n) is 2.83. The molecule has 0 atom stereocenters. The van der Waals surface area contributed by atoms with E-state index >= 15 is 0 Å². The smallest absolute Gasteiger partial charge is 0.237 e. The minimum atomic E-state index is -0.396. The Morgan fingerprint density at radius 1 is 1.00 bits per heavy atom. The third kappa shape index (κ3) is 2.57. The van der Waals surface area contributed by atoms with E-state index in [2.05, 4.69) is 4.90 Å². The van der Waals surface area contributed by atoms with Gasteiger partial charge in [0.1, 0.15) is 5.58 Å². The highest BCUT2D eigenvalue weighted by atomic mass is 16.4. The lowest BCUT2D eigenvalue weighted by atomic mass is 10.1. The quantitative estimate of drug-likeness (QED) is 0.791. The van der Waals surface area contributed by atoms with Crippen LogP contribution < -0.4 is 10.3 Å². The zero-order valence-electron chi connectivity index (χ0n) is 13.2. The Labute approximate surface area is 134 Å². The van der Waals surface area contributed by atoms with E-state index in [0.29, 0.717) is 16.5 Å². The third-order valence-corrected chi connectivity index (χ3v) is 4.01. The largest absolute Gasteiger partial charge is 0.502 e. The Morgan fingerprint density at radius 2 is 1.70 bits per heavy atom. The average Bonchev–Trinajstić information content (AvgIpc) is 2.60. The Bertz CT molecular complexity index is 880. The number of anilines is 1. The predicted octanol–water partition coefficient (Wildman–Crippen LogP) is 4.01. The summed E-state index contributed by atoms with van der Waals surface area (Å²) < 4.78 is 5.86. The van der Waals surface area contributed by atoms with Crippen LogP contribution in [0.15, 0.2) is 57.7 Å². The maximum atomic E-state index is 12.7. The monoisotopic (exact) mass is 309 g/mol. The zero-order chi connectivity index (χ0) is 16.4. The highest BCUT2D eigenvalue weighted by Crippen LogP contribution is 2.33. The van der Waals surface area contributed by atoms with Gasteiger partial charge < -0.3 is 14.4 Å². The second-order valence-electron chi connectivity index (χ2n) is 5.30. The first-order valence-electron chi connectivity index (χ1n) is 7.76. The molecule has 0 unspecified atom stereocenters. The van der Waals surface area contributed by atoms with Crippen molar-refractivity contribution in [1.29, 1.82) is 0 Å². The summed E-state index contributed by atoms with van der Waals surface area (Å²) in [4.78, 5) is 14.8. The molecule has 0 saturated carbocycles. The van der Waals surface area contributed by atoms with Crippen LogP contribution >= 0.6 is 0 Å². The summed E-state index contributed by atoms with van der Waals surface area (Å²) in [6.07, 6.45) is 0. The van der Waals surface area contributed by atoms with Gasteiger partial charge in [-0.05, 0) is 26.0 Å². The van der Waals surface area contributed by atoms with E-state index in [-0.39, 0.29) is 11.5 Å². The van der Waals surface area contributed by atoms with Crippen LogP contribution in [0.1, 0.15) is 13.8 Å². The first-order chi connectivity index (χ1) is 11.2. The molecule has 0 radical (unpaired) electrons. The van der Waals surface area contributed by atoms with E-state index in [9.17, 15) is 9.90 Å². The Kier molecular flexibility index (Phi) is 4.06. The van der Waals surface area contributed by atoms with E-state index in [1.807, 2.05) is 44.2 Å². The summed E-state index contributed by atoms with van der Waals surface area (Å²) in [6, 6.07) is 14.7. The van der Waals surface area contributed by atoms with Crippen molar-refractivity contribution in [3.05, 3.63) is 58.8 Å². The van der Waals surface area contributed by atoms with Crippen LogP contribution in [0.2, 0.25) is 0 Å². The second kappa shape index (κ2) is 6.16. The molecule has 118 valence electrons. The van der Waals surface area contributed by atoms with Gasteiger partial charge in [0.05, 0.1) is 11.1 Å². The molecule has 1 N–H and O–H groups in total. The minimum absolute atomic E-state index is 0.208. The molecule has 3 aromatic rings. The van der Waals surface area contributed by atoms with Crippen LogP contribution in [0, 0.1) is 0 Å². The van der Waals surface area contributed by atoms with Crippen LogP contribution in [-0.4, -0.2) is 18.2 Å². The molecule has 0 aliphatic heterocycles. The molecule has 4 nitrogen and oxygen atoms in total. The van der Waals surface area contributed by atoms with E-state index in [1.54, 1.807) is 18.2 Å². The van der Waals surface area contributed by atoms with E-state index < -0.39 is 5.43 Å². The minimum Gasteiger partial charge on any atom is -0.502 e. The average molecular weight is 309 g/mol. The van der Waals surface area contributed by atoms with Crippen molar-refractivity contribution in [1.82, 2.24) is 0 Å². The van der Waals surface area contributed by atoms with Gasteiger partial charge in [-0.3, -0.25) is 4.79 Å². The molecule has 23 heavy (non-hydrogen) atoms. The molecule has 2 aromatic carbocycles. The van der Waals surface area contributed by atoms with Crippen molar-refractivity contribution in [3.63, 3.8) is 0 Å². The summed E-state index contributed by atoms with van der Waals surface area (Å²) in [7, 11) is 0. The van der Waals surface area contributed by atoms with Gasteiger partial charge in [-0.25, -0.2) is 0 Å². The number of hydrogen-bond acceptors (Lipinski definition) is 4. The van der Waals surface area contributed by atoms with E-state index in [4.69, 9.17) is 4.42 Å². The number of benzene rings is 2. The molecular formula is C19H19NO3. The van der Waals surface area contributed by atoms with Crippen molar-refractivity contribution < 1.29 is 9.52 Å². The SMILES string of the molecule is CCN(CC)c1cccc2oc(-c3ccccc3)c(O)c(=O)c12. The van der Waals surface area contributed by atoms with Gasteiger partial charge in [-0.2, -0.15) is 0 Å². The molecule has 0 aliphatic rings. The third-order valence-electron chi connectivity index (χ3n) is 4.01. The van der Waals surface area contributed by atoms with Gasteiger partial charge in [-0.1, -0.05) is 36.4 Å². The Hall–Kier alpha value is -2.75. The summed E-state index contributed by atoms with van der Waals surface area (Å²) in [6.45, 7) is 5.61. The van der Waals surface area contributed by atoms with Crippen molar-refractivity contribution in [2.24, 2.45) is 0 Å². The van der Waals surface area contributed by atoms with Crippen LogP contribution in [0.5, 0.6) is 5.75 Å². The van der Waals surface area contributed by atoms with Gasteiger partial charge in [-0.15, -0.1) is 0 Å². The maximum absolute atomic E-state index is 12.7. The van der Waals surface area contributed by atoms with Gasteiger partial charge >= 0.3 is 0 Å². The molecule has 3 rings (SSSR count). The van der Waals surface area contributed by atoms with E-state index in [1.165, 1.54) is 0 Å². The van der Waals surface area contributed by atoms with Gasteiger partial charge in [0.2, 0.25) is 11.2 Å². The molecule has 0 bridgehead atoms. The topological polar surface area (TPSA) is 53.7 Å². The fraction of sp³-hybridized carbons (Fsp3) is 0.211. The molecular weight excluding hydrogens is 290 g/mol. The molecule has 0 fully saturated rings. The maximum Gasteiger partial charge on any atom is 0.237 e. The molecule has 0 amide bonds. The number of fused-ring (bicyclic) bond motifs is 1. The van der Waals surface area contributed by atoms with Crippen molar-refractivity contribution in [2.75, 3.05) is 18.0 Å². The molecule has 1 aromatic heterocycles. The summed E-state index contributed by atoms with van der Waals surface area (Å²) in [5, 5.41) is 10.8. The molecule has 0 spiro atoms. The van der Waals surface area contributed by atoms with Crippen LogP contribution in [0.4, 0.5) is 5.69 Å².